The van der Waals surface area contributed by atoms with Crippen molar-refractivity contribution >= 4 is 29.1 Å². The first-order chi connectivity index (χ1) is 9.11. The smallest absolute Gasteiger partial charge is 0.376 e. The number of carbonyl (C=O) groups excluding carboxylic acids is 1. The van der Waals surface area contributed by atoms with Gasteiger partial charge in [-0.1, -0.05) is 17.7 Å². The van der Waals surface area contributed by atoms with Crippen molar-refractivity contribution in [1.82, 2.24) is 9.97 Å². The summed E-state index contributed by atoms with van der Waals surface area (Å²) in [6.07, 6.45) is 1.49. The molecule has 5 nitrogen and oxygen atoms in total. The highest BCUT2D eigenvalue weighted by Crippen LogP contribution is 2.25. The van der Waals surface area contributed by atoms with E-state index in [1.807, 2.05) is 25.1 Å². The topological polar surface area (TPSA) is 64.1 Å². The van der Waals surface area contributed by atoms with E-state index in [9.17, 15) is 4.79 Å². The van der Waals surface area contributed by atoms with Crippen LogP contribution in [0.4, 0.5) is 11.5 Å². The van der Waals surface area contributed by atoms with Crippen LogP contribution in [0, 0.1) is 6.92 Å². The van der Waals surface area contributed by atoms with E-state index in [-0.39, 0.29) is 5.82 Å². The van der Waals surface area contributed by atoms with E-state index in [4.69, 9.17) is 11.6 Å². The second-order valence-electron chi connectivity index (χ2n) is 3.79. The molecule has 19 heavy (non-hydrogen) atoms. The lowest BCUT2D eigenvalue weighted by atomic mass is 10.2. The maximum atomic E-state index is 11.3. The van der Waals surface area contributed by atoms with Gasteiger partial charge in [-0.05, 0) is 30.7 Å². The summed E-state index contributed by atoms with van der Waals surface area (Å²) in [5.41, 5.74) is 1.73. The van der Waals surface area contributed by atoms with Gasteiger partial charge in [0.25, 0.3) is 0 Å². The van der Waals surface area contributed by atoms with Gasteiger partial charge in [-0.15, -0.1) is 0 Å². The molecule has 98 valence electrons. The predicted octanol–water partition coefficient (Wildman–Crippen LogP) is 2.97. The number of rotatable bonds is 3. The van der Waals surface area contributed by atoms with Gasteiger partial charge in [0.15, 0.2) is 0 Å². The monoisotopic (exact) mass is 277 g/mol. The fourth-order valence-electron chi connectivity index (χ4n) is 1.50. The Morgan fingerprint density at radius 1 is 1.37 bits per heavy atom. The third kappa shape index (κ3) is 3.00. The van der Waals surface area contributed by atoms with Crippen LogP contribution in [0.3, 0.4) is 0 Å². The van der Waals surface area contributed by atoms with E-state index >= 15 is 0 Å². The number of benzene rings is 1. The molecule has 1 N–H and O–H groups in total. The van der Waals surface area contributed by atoms with Gasteiger partial charge in [0.05, 0.1) is 7.11 Å². The van der Waals surface area contributed by atoms with Crippen molar-refractivity contribution in [3.8, 4) is 0 Å². The van der Waals surface area contributed by atoms with Crippen molar-refractivity contribution in [3.63, 3.8) is 0 Å². The molecule has 0 bridgehead atoms. The summed E-state index contributed by atoms with van der Waals surface area (Å²) >= 11 is 6.04. The van der Waals surface area contributed by atoms with Crippen LogP contribution in [0.1, 0.15) is 16.2 Å². The fraction of sp³-hybridized carbons (Fsp3) is 0.154. The average molecular weight is 278 g/mol. The van der Waals surface area contributed by atoms with E-state index < -0.39 is 5.97 Å². The van der Waals surface area contributed by atoms with E-state index in [1.54, 1.807) is 6.07 Å². The van der Waals surface area contributed by atoms with Gasteiger partial charge in [0, 0.05) is 16.9 Å². The highest BCUT2D eigenvalue weighted by Gasteiger charge is 2.10. The molecule has 0 saturated carbocycles. The molecule has 0 saturated heterocycles. The normalized spacial score (nSPS) is 10.1. The number of hydrogen-bond donors (Lipinski definition) is 1. The minimum absolute atomic E-state index is 0.00665. The zero-order valence-corrected chi connectivity index (χ0v) is 11.2. The number of carbonyl (C=O) groups is 1. The number of aromatic nitrogens is 2. The lowest BCUT2D eigenvalue weighted by molar-refractivity contribution is 0.0587. The van der Waals surface area contributed by atoms with E-state index in [0.717, 1.165) is 11.3 Å². The number of nitrogens with zero attached hydrogens (tertiary/aromatic N) is 2. The summed E-state index contributed by atoms with van der Waals surface area (Å²) in [4.78, 5) is 19.3. The number of methoxy groups -OCH3 is 1. The van der Waals surface area contributed by atoms with E-state index in [0.29, 0.717) is 10.8 Å². The van der Waals surface area contributed by atoms with Crippen LogP contribution >= 0.6 is 11.6 Å². The van der Waals surface area contributed by atoms with Crippen LogP contribution in [0.5, 0.6) is 0 Å². The van der Waals surface area contributed by atoms with Gasteiger partial charge in [0.1, 0.15) is 5.82 Å². The average Bonchev–Trinajstić information content (AvgIpc) is 2.43. The molecule has 0 spiro atoms. The Bertz CT molecular complexity index is 617. The molecule has 1 aromatic heterocycles. The predicted molar refractivity (Wildman–Crippen MR) is 72.8 cm³/mol. The van der Waals surface area contributed by atoms with E-state index in [1.165, 1.54) is 13.3 Å². The highest BCUT2D eigenvalue weighted by atomic mass is 35.5. The lowest BCUT2D eigenvalue weighted by Crippen LogP contribution is -2.08. The minimum atomic E-state index is -0.577. The highest BCUT2D eigenvalue weighted by molar-refractivity contribution is 6.31. The molecule has 0 amide bonds. The van der Waals surface area contributed by atoms with Gasteiger partial charge >= 0.3 is 5.97 Å². The zero-order chi connectivity index (χ0) is 13.8. The summed E-state index contributed by atoms with van der Waals surface area (Å²) in [7, 11) is 1.28. The Kier molecular flexibility index (Phi) is 3.97. The van der Waals surface area contributed by atoms with Gasteiger partial charge in [-0.2, -0.15) is 0 Å². The van der Waals surface area contributed by atoms with Crippen molar-refractivity contribution in [2.75, 3.05) is 12.4 Å². The SMILES string of the molecule is COC(=O)c1nccc(Nc2cccc(Cl)c2C)n1. The Morgan fingerprint density at radius 3 is 2.89 bits per heavy atom. The number of esters is 1. The molecule has 0 radical (unpaired) electrons. The molecule has 6 heteroatoms. The van der Waals surface area contributed by atoms with Crippen molar-refractivity contribution in [2.45, 2.75) is 6.92 Å². The van der Waals surface area contributed by atoms with Crippen molar-refractivity contribution < 1.29 is 9.53 Å². The third-order valence-corrected chi connectivity index (χ3v) is 2.96. The molecular formula is C13H12ClN3O2. The van der Waals surface area contributed by atoms with Crippen LogP contribution in [-0.2, 0) is 4.74 Å². The van der Waals surface area contributed by atoms with Crippen LogP contribution < -0.4 is 5.32 Å². The molecule has 0 aliphatic heterocycles. The van der Waals surface area contributed by atoms with Crippen molar-refractivity contribution in [3.05, 3.63) is 46.9 Å². The summed E-state index contributed by atoms with van der Waals surface area (Å²) in [6, 6.07) is 7.18. The van der Waals surface area contributed by atoms with Gasteiger partial charge in [0.2, 0.25) is 5.82 Å². The molecule has 1 aromatic carbocycles. The van der Waals surface area contributed by atoms with Crippen LogP contribution in [-0.4, -0.2) is 23.0 Å². The summed E-state index contributed by atoms with van der Waals surface area (Å²) in [6.45, 7) is 1.90. The molecular weight excluding hydrogens is 266 g/mol. The third-order valence-electron chi connectivity index (χ3n) is 2.55. The van der Waals surface area contributed by atoms with E-state index in [2.05, 4.69) is 20.0 Å². The first-order valence-corrected chi connectivity index (χ1v) is 5.93. The fourth-order valence-corrected chi connectivity index (χ4v) is 1.67. The molecule has 0 atom stereocenters. The maximum Gasteiger partial charge on any atom is 0.376 e. The number of ether oxygens (including phenoxy) is 1. The molecule has 2 aromatic rings. The second-order valence-corrected chi connectivity index (χ2v) is 4.20. The molecule has 2 rings (SSSR count). The second kappa shape index (κ2) is 5.67. The summed E-state index contributed by atoms with van der Waals surface area (Å²) in [5.74, 6) is -0.0700. The summed E-state index contributed by atoms with van der Waals surface area (Å²) in [5, 5.41) is 3.75. The lowest BCUT2D eigenvalue weighted by Gasteiger charge is -2.10. The minimum Gasteiger partial charge on any atom is -0.463 e. The largest absolute Gasteiger partial charge is 0.463 e. The Morgan fingerprint density at radius 2 is 2.16 bits per heavy atom. The number of halogens is 1. The van der Waals surface area contributed by atoms with Crippen molar-refractivity contribution in [2.24, 2.45) is 0 Å². The van der Waals surface area contributed by atoms with Gasteiger partial charge in [-0.25, -0.2) is 14.8 Å². The quantitative estimate of drug-likeness (QED) is 0.874. The first-order valence-electron chi connectivity index (χ1n) is 5.55. The molecule has 0 fully saturated rings. The first kappa shape index (κ1) is 13.3. The van der Waals surface area contributed by atoms with Gasteiger partial charge < -0.3 is 10.1 Å². The molecule has 0 aliphatic carbocycles. The van der Waals surface area contributed by atoms with Gasteiger partial charge in [-0.3, -0.25) is 0 Å². The summed E-state index contributed by atoms with van der Waals surface area (Å²) < 4.78 is 4.57. The Balaban J connectivity index is 2.28. The standard InChI is InChI=1S/C13H12ClN3O2/c1-8-9(14)4-3-5-10(8)16-11-6-7-15-12(17-11)13(18)19-2/h3-7H,1-2H3,(H,15,16,17). The van der Waals surface area contributed by atoms with Crippen LogP contribution in [0.15, 0.2) is 30.5 Å². The number of hydrogen-bond acceptors (Lipinski definition) is 5. The Labute approximate surface area is 115 Å². The molecule has 0 unspecified atom stereocenters. The number of nitrogens with one attached hydrogen (secondary N) is 1. The zero-order valence-electron chi connectivity index (χ0n) is 10.5. The maximum absolute atomic E-state index is 11.3. The van der Waals surface area contributed by atoms with Crippen LogP contribution in [0.25, 0.3) is 0 Å². The Hall–Kier alpha value is -2.14. The van der Waals surface area contributed by atoms with Crippen LogP contribution in [0.2, 0.25) is 5.02 Å². The van der Waals surface area contributed by atoms with Crippen molar-refractivity contribution in [1.29, 1.82) is 0 Å². The molecule has 1 heterocycles. The number of anilines is 2. The molecule has 0 aliphatic rings.